The molecule has 2 amide bonds. The third-order valence-electron chi connectivity index (χ3n) is 5.02. The van der Waals surface area contributed by atoms with Gasteiger partial charge in [0.15, 0.2) is 0 Å². The topological polar surface area (TPSA) is 96.0 Å². The number of hydrogen-bond donors (Lipinski definition) is 1. The summed E-state index contributed by atoms with van der Waals surface area (Å²) < 4.78 is 31.7. The van der Waals surface area contributed by atoms with Crippen molar-refractivity contribution in [1.29, 1.82) is 0 Å². The average Bonchev–Trinajstić information content (AvgIpc) is 2.74. The molecule has 8 nitrogen and oxygen atoms in total. The van der Waals surface area contributed by atoms with E-state index in [1.54, 1.807) is 55.5 Å². The Morgan fingerprint density at radius 3 is 2.26 bits per heavy atom. The fourth-order valence-corrected chi connectivity index (χ4v) is 4.44. The van der Waals surface area contributed by atoms with Gasteiger partial charge in [-0.25, -0.2) is 8.42 Å². The molecule has 2 aromatic rings. The Bertz CT molecular complexity index is 1130. The Morgan fingerprint density at radius 2 is 1.74 bits per heavy atom. The van der Waals surface area contributed by atoms with Crippen LogP contribution < -0.4 is 14.4 Å². The van der Waals surface area contributed by atoms with Gasteiger partial charge in [0.05, 0.1) is 18.6 Å². The Morgan fingerprint density at radius 1 is 1.11 bits per heavy atom. The van der Waals surface area contributed by atoms with E-state index in [4.69, 9.17) is 16.3 Å². The maximum absolute atomic E-state index is 13.5. The number of nitrogens with one attached hydrogen (secondary N) is 1. The highest BCUT2D eigenvalue weighted by Crippen LogP contribution is 2.23. The van der Waals surface area contributed by atoms with Crippen LogP contribution in [0.5, 0.6) is 5.75 Å². The van der Waals surface area contributed by atoms with Gasteiger partial charge in [0, 0.05) is 17.1 Å². The fourth-order valence-electron chi connectivity index (χ4n) is 3.38. The van der Waals surface area contributed by atoms with Crippen molar-refractivity contribution in [3.63, 3.8) is 0 Å². The third kappa shape index (κ3) is 8.74. The molecular weight excluding hydrogens is 490 g/mol. The highest BCUT2D eigenvalue weighted by Gasteiger charge is 2.31. The molecule has 0 spiro atoms. The number of hydrogen-bond acceptors (Lipinski definition) is 5. The molecule has 2 rings (SSSR count). The Labute approximate surface area is 213 Å². The molecule has 0 aromatic heterocycles. The standard InChI is InChI=1S/C25H34ClN3O5S/c1-7-34-22-13-11-21(12-14-22)29(35(6,32)33)17-23(30)28(16-19-9-8-10-20(26)15-19)18(2)24(31)27-25(3,4)5/h8-15,18H,7,16-17H2,1-6H3,(H,27,31)/t18-/m0/s1. The van der Waals surface area contributed by atoms with E-state index >= 15 is 0 Å². The number of amides is 2. The van der Waals surface area contributed by atoms with Crippen LogP contribution in [0.1, 0.15) is 40.2 Å². The van der Waals surface area contributed by atoms with Crippen LogP contribution >= 0.6 is 11.6 Å². The maximum Gasteiger partial charge on any atom is 0.244 e. The van der Waals surface area contributed by atoms with Gasteiger partial charge in [-0.2, -0.15) is 0 Å². The lowest BCUT2D eigenvalue weighted by molar-refractivity contribution is -0.140. The van der Waals surface area contributed by atoms with Crippen molar-refractivity contribution in [3.05, 3.63) is 59.1 Å². The highest BCUT2D eigenvalue weighted by atomic mass is 35.5. The molecule has 0 radical (unpaired) electrons. The number of halogens is 1. The van der Waals surface area contributed by atoms with Crippen LogP contribution in [-0.2, 0) is 26.2 Å². The van der Waals surface area contributed by atoms with Gasteiger partial charge < -0.3 is 15.0 Å². The summed E-state index contributed by atoms with van der Waals surface area (Å²) in [4.78, 5) is 27.8. The molecule has 0 saturated heterocycles. The van der Waals surface area contributed by atoms with Gasteiger partial charge in [0.1, 0.15) is 18.3 Å². The minimum atomic E-state index is -3.80. The first-order chi connectivity index (χ1) is 16.2. The Balaban J connectivity index is 2.38. The number of ether oxygens (including phenoxy) is 1. The van der Waals surface area contributed by atoms with Gasteiger partial charge in [0.25, 0.3) is 0 Å². The van der Waals surface area contributed by atoms with E-state index in [0.29, 0.717) is 28.6 Å². The molecule has 0 aliphatic rings. The predicted octanol–water partition coefficient (Wildman–Crippen LogP) is 3.84. The SMILES string of the molecule is CCOc1ccc(N(CC(=O)N(Cc2cccc(Cl)c2)[C@@H](C)C(=O)NC(C)(C)C)S(C)(=O)=O)cc1. The summed E-state index contributed by atoms with van der Waals surface area (Å²) in [6, 6.07) is 12.6. The van der Waals surface area contributed by atoms with E-state index in [-0.39, 0.29) is 12.5 Å². The van der Waals surface area contributed by atoms with Crippen LogP contribution in [0.4, 0.5) is 5.69 Å². The summed E-state index contributed by atoms with van der Waals surface area (Å²) in [5.74, 6) is -0.285. The quantitative estimate of drug-likeness (QED) is 0.510. The minimum absolute atomic E-state index is 0.0823. The molecule has 0 aliphatic carbocycles. The van der Waals surface area contributed by atoms with Gasteiger partial charge in [-0.15, -0.1) is 0 Å². The van der Waals surface area contributed by atoms with Gasteiger partial charge in [-0.3, -0.25) is 13.9 Å². The second-order valence-corrected chi connectivity index (χ2v) is 11.6. The highest BCUT2D eigenvalue weighted by molar-refractivity contribution is 7.92. The number of carbonyl (C=O) groups is 2. The normalized spacial score (nSPS) is 12.5. The lowest BCUT2D eigenvalue weighted by Crippen LogP contribution is -2.54. The summed E-state index contributed by atoms with van der Waals surface area (Å²) in [6.07, 6.45) is 1.04. The van der Waals surface area contributed by atoms with E-state index in [1.165, 1.54) is 4.90 Å². The average molecular weight is 524 g/mol. The minimum Gasteiger partial charge on any atom is -0.494 e. The molecule has 1 atom stereocenters. The van der Waals surface area contributed by atoms with Gasteiger partial charge in [-0.05, 0) is 76.6 Å². The van der Waals surface area contributed by atoms with Gasteiger partial charge >= 0.3 is 0 Å². The number of rotatable bonds is 10. The second-order valence-electron chi connectivity index (χ2n) is 9.26. The predicted molar refractivity (Wildman–Crippen MR) is 139 cm³/mol. The lowest BCUT2D eigenvalue weighted by Gasteiger charge is -2.33. The molecule has 0 heterocycles. The van der Waals surface area contributed by atoms with E-state index in [0.717, 1.165) is 10.6 Å². The molecule has 2 aromatic carbocycles. The molecular formula is C25H34ClN3O5S. The third-order valence-corrected chi connectivity index (χ3v) is 6.40. The largest absolute Gasteiger partial charge is 0.494 e. The zero-order valence-corrected chi connectivity index (χ0v) is 22.6. The summed E-state index contributed by atoms with van der Waals surface area (Å²) in [5, 5.41) is 3.37. The van der Waals surface area contributed by atoms with Crippen molar-refractivity contribution in [3.8, 4) is 5.75 Å². The molecule has 0 fully saturated rings. The summed E-state index contributed by atoms with van der Waals surface area (Å²) in [7, 11) is -3.80. The van der Waals surface area contributed by atoms with Crippen molar-refractivity contribution in [1.82, 2.24) is 10.2 Å². The molecule has 0 bridgehead atoms. The Kier molecular flexibility index (Phi) is 9.57. The van der Waals surface area contributed by atoms with Crippen LogP contribution in [0.25, 0.3) is 0 Å². The van der Waals surface area contributed by atoms with Crippen LogP contribution in [0.2, 0.25) is 5.02 Å². The van der Waals surface area contributed by atoms with Crippen molar-refractivity contribution < 1.29 is 22.7 Å². The van der Waals surface area contributed by atoms with Crippen molar-refractivity contribution in [2.24, 2.45) is 0 Å². The summed E-state index contributed by atoms with van der Waals surface area (Å²) in [6.45, 7) is 9.08. The lowest BCUT2D eigenvalue weighted by atomic mass is 10.1. The maximum atomic E-state index is 13.5. The first-order valence-corrected chi connectivity index (χ1v) is 13.5. The van der Waals surface area contributed by atoms with E-state index in [2.05, 4.69) is 5.32 Å². The van der Waals surface area contributed by atoms with Crippen LogP contribution in [0.15, 0.2) is 48.5 Å². The van der Waals surface area contributed by atoms with Gasteiger partial charge in [-0.1, -0.05) is 23.7 Å². The summed E-state index contributed by atoms with van der Waals surface area (Å²) >= 11 is 6.12. The van der Waals surface area contributed by atoms with Crippen molar-refractivity contribution in [2.45, 2.75) is 52.7 Å². The number of carbonyl (C=O) groups excluding carboxylic acids is 2. The van der Waals surface area contributed by atoms with Crippen molar-refractivity contribution >= 4 is 39.1 Å². The van der Waals surface area contributed by atoms with E-state index < -0.39 is 34.1 Å². The molecule has 10 heteroatoms. The zero-order chi connectivity index (χ0) is 26.4. The molecule has 0 aliphatic heterocycles. The number of anilines is 1. The first-order valence-electron chi connectivity index (χ1n) is 11.3. The molecule has 192 valence electrons. The van der Waals surface area contributed by atoms with Crippen LogP contribution in [0.3, 0.4) is 0 Å². The molecule has 1 N–H and O–H groups in total. The fraction of sp³-hybridized carbons (Fsp3) is 0.440. The van der Waals surface area contributed by atoms with E-state index in [1.807, 2.05) is 27.7 Å². The molecule has 0 saturated carbocycles. The van der Waals surface area contributed by atoms with Crippen LogP contribution in [-0.4, -0.2) is 56.1 Å². The van der Waals surface area contributed by atoms with Crippen LogP contribution in [0, 0.1) is 0 Å². The number of nitrogens with zero attached hydrogens (tertiary/aromatic N) is 2. The molecule has 0 unspecified atom stereocenters. The smallest absolute Gasteiger partial charge is 0.244 e. The number of benzene rings is 2. The molecule has 35 heavy (non-hydrogen) atoms. The zero-order valence-electron chi connectivity index (χ0n) is 21.0. The number of sulfonamides is 1. The first kappa shape index (κ1) is 28.5. The monoisotopic (exact) mass is 523 g/mol. The van der Waals surface area contributed by atoms with Gasteiger partial charge in [0.2, 0.25) is 21.8 Å². The van der Waals surface area contributed by atoms with Crippen molar-refractivity contribution in [2.75, 3.05) is 23.7 Å². The summed E-state index contributed by atoms with van der Waals surface area (Å²) in [5.41, 5.74) is 0.532. The van der Waals surface area contributed by atoms with E-state index in [9.17, 15) is 18.0 Å². The second kappa shape index (κ2) is 11.8. The Hall–Kier alpha value is -2.78.